The van der Waals surface area contributed by atoms with E-state index in [0.29, 0.717) is 11.3 Å². The van der Waals surface area contributed by atoms with Crippen LogP contribution in [0.2, 0.25) is 0 Å². The van der Waals surface area contributed by atoms with Crippen molar-refractivity contribution in [3.8, 4) is 0 Å². The fourth-order valence-electron chi connectivity index (χ4n) is 3.65. The molecule has 1 saturated heterocycles. The molecule has 3 amide bonds. The number of carbonyl (C=O) groups is 2. The van der Waals surface area contributed by atoms with E-state index in [9.17, 15) is 9.59 Å². The van der Waals surface area contributed by atoms with E-state index in [1.807, 2.05) is 30.9 Å². The van der Waals surface area contributed by atoms with E-state index < -0.39 is 0 Å². The first-order valence-corrected chi connectivity index (χ1v) is 10.2. The minimum absolute atomic E-state index is 0.00162. The predicted octanol–water partition coefficient (Wildman–Crippen LogP) is 4.79. The molecule has 0 bridgehead atoms. The molecule has 0 spiro atoms. The van der Waals surface area contributed by atoms with E-state index in [-0.39, 0.29) is 18.0 Å². The first kappa shape index (κ1) is 19.4. The van der Waals surface area contributed by atoms with Gasteiger partial charge in [-0.1, -0.05) is 12.1 Å². The second kappa shape index (κ2) is 8.13. The average Bonchev–Trinajstić information content (AvgIpc) is 3.24. The molecule has 27 heavy (non-hydrogen) atoms. The molecule has 144 valence electrons. The summed E-state index contributed by atoms with van der Waals surface area (Å²) in [5.74, 6) is -0.00162. The summed E-state index contributed by atoms with van der Waals surface area (Å²) in [6, 6.07) is 7.28. The Bertz CT molecular complexity index is 853. The van der Waals surface area contributed by atoms with Crippen LogP contribution >= 0.6 is 11.3 Å². The molecule has 1 aromatic carbocycles. The topological polar surface area (TPSA) is 61.4 Å². The number of aryl methyl sites for hydroxylation is 3. The minimum atomic E-state index is -0.299. The van der Waals surface area contributed by atoms with Crippen LogP contribution in [-0.4, -0.2) is 29.9 Å². The molecule has 0 radical (unpaired) electrons. The van der Waals surface area contributed by atoms with Crippen LogP contribution in [0.15, 0.2) is 24.3 Å². The number of urea groups is 1. The van der Waals surface area contributed by atoms with E-state index in [2.05, 4.69) is 30.5 Å². The third kappa shape index (κ3) is 4.33. The van der Waals surface area contributed by atoms with Gasteiger partial charge < -0.3 is 15.5 Å². The standard InChI is InChI=1S/C21H27N3O2S/c1-13-8-7-9-18(19(13)20(25)24-10-5-6-11-24)23-21(26)22-15(3)17-12-14(2)27-16(17)4/h7-9,12,15H,5-6,10-11H2,1-4H3,(H2,22,23,26). The smallest absolute Gasteiger partial charge is 0.319 e. The minimum Gasteiger partial charge on any atom is -0.339 e. The lowest BCUT2D eigenvalue weighted by Gasteiger charge is -2.20. The first-order valence-electron chi connectivity index (χ1n) is 9.40. The molecule has 2 heterocycles. The molecule has 1 aromatic heterocycles. The monoisotopic (exact) mass is 385 g/mol. The lowest BCUT2D eigenvalue weighted by atomic mass is 10.0. The maximum absolute atomic E-state index is 12.9. The van der Waals surface area contributed by atoms with Crippen molar-refractivity contribution in [3.05, 3.63) is 50.7 Å². The number of likely N-dealkylation sites (tertiary alicyclic amines) is 1. The molecule has 1 aliphatic heterocycles. The van der Waals surface area contributed by atoms with E-state index >= 15 is 0 Å². The van der Waals surface area contributed by atoms with Gasteiger partial charge in [-0.25, -0.2) is 4.79 Å². The quantitative estimate of drug-likeness (QED) is 0.795. The molecule has 1 fully saturated rings. The van der Waals surface area contributed by atoms with Gasteiger partial charge in [-0.3, -0.25) is 4.79 Å². The number of hydrogen-bond acceptors (Lipinski definition) is 3. The van der Waals surface area contributed by atoms with Gasteiger partial charge in [0.1, 0.15) is 0 Å². The third-order valence-corrected chi connectivity index (χ3v) is 6.00. The first-order chi connectivity index (χ1) is 12.9. The van der Waals surface area contributed by atoms with Crippen molar-refractivity contribution < 1.29 is 9.59 Å². The van der Waals surface area contributed by atoms with Crippen molar-refractivity contribution in [2.45, 2.75) is 46.6 Å². The highest BCUT2D eigenvalue weighted by Gasteiger charge is 2.24. The number of nitrogens with zero attached hydrogens (tertiary/aromatic N) is 1. The lowest BCUT2D eigenvalue weighted by Crippen LogP contribution is -2.33. The molecule has 1 atom stereocenters. The van der Waals surface area contributed by atoms with E-state index in [4.69, 9.17) is 0 Å². The Morgan fingerprint density at radius 2 is 1.85 bits per heavy atom. The molecular weight excluding hydrogens is 358 g/mol. The Kier molecular flexibility index (Phi) is 5.85. The van der Waals surface area contributed by atoms with Gasteiger partial charge in [-0.2, -0.15) is 0 Å². The average molecular weight is 386 g/mol. The zero-order valence-corrected chi connectivity index (χ0v) is 17.2. The number of thiophene rings is 1. The lowest BCUT2D eigenvalue weighted by molar-refractivity contribution is 0.0793. The van der Waals surface area contributed by atoms with Gasteiger partial charge in [0.2, 0.25) is 0 Å². The Balaban J connectivity index is 1.75. The van der Waals surface area contributed by atoms with Crippen molar-refractivity contribution in [1.82, 2.24) is 10.2 Å². The highest BCUT2D eigenvalue weighted by Crippen LogP contribution is 2.27. The number of amides is 3. The van der Waals surface area contributed by atoms with Crippen molar-refractivity contribution in [2.75, 3.05) is 18.4 Å². The van der Waals surface area contributed by atoms with Crippen LogP contribution in [0.3, 0.4) is 0 Å². The Morgan fingerprint density at radius 3 is 2.48 bits per heavy atom. The summed E-state index contributed by atoms with van der Waals surface area (Å²) < 4.78 is 0. The molecule has 5 nitrogen and oxygen atoms in total. The summed E-state index contributed by atoms with van der Waals surface area (Å²) in [4.78, 5) is 29.8. The molecule has 2 N–H and O–H groups in total. The van der Waals surface area contributed by atoms with Crippen molar-refractivity contribution in [2.24, 2.45) is 0 Å². The van der Waals surface area contributed by atoms with Crippen LogP contribution in [0.5, 0.6) is 0 Å². The van der Waals surface area contributed by atoms with Gasteiger partial charge in [-0.05, 0) is 63.8 Å². The fourth-order valence-corrected chi connectivity index (χ4v) is 4.67. The molecule has 1 unspecified atom stereocenters. The molecule has 6 heteroatoms. The number of anilines is 1. The Hall–Kier alpha value is -2.34. The van der Waals surface area contributed by atoms with Crippen molar-refractivity contribution >= 4 is 29.0 Å². The largest absolute Gasteiger partial charge is 0.339 e. The van der Waals surface area contributed by atoms with Crippen LogP contribution in [0.4, 0.5) is 10.5 Å². The summed E-state index contributed by atoms with van der Waals surface area (Å²) in [5.41, 5.74) is 3.16. The van der Waals surface area contributed by atoms with Crippen molar-refractivity contribution in [1.29, 1.82) is 0 Å². The summed E-state index contributed by atoms with van der Waals surface area (Å²) in [6.45, 7) is 9.58. The number of nitrogens with one attached hydrogen (secondary N) is 2. The maximum Gasteiger partial charge on any atom is 0.319 e. The molecule has 1 aliphatic rings. The van der Waals surface area contributed by atoms with E-state index in [0.717, 1.165) is 37.1 Å². The Labute approximate surface area is 164 Å². The summed E-state index contributed by atoms with van der Waals surface area (Å²) in [7, 11) is 0. The molecule has 0 aliphatic carbocycles. The van der Waals surface area contributed by atoms with Crippen LogP contribution in [0.1, 0.15) is 57.0 Å². The molecular formula is C21H27N3O2S. The Morgan fingerprint density at radius 1 is 1.15 bits per heavy atom. The van der Waals surface area contributed by atoms with Gasteiger partial charge in [0, 0.05) is 22.8 Å². The van der Waals surface area contributed by atoms with Gasteiger partial charge in [0.15, 0.2) is 0 Å². The van der Waals surface area contributed by atoms with Gasteiger partial charge in [-0.15, -0.1) is 11.3 Å². The number of carbonyl (C=O) groups excluding carboxylic acids is 2. The second-order valence-electron chi connectivity index (χ2n) is 7.19. The van der Waals surface area contributed by atoms with E-state index in [1.165, 1.54) is 9.75 Å². The predicted molar refractivity (Wildman–Crippen MR) is 111 cm³/mol. The summed E-state index contributed by atoms with van der Waals surface area (Å²) in [5, 5.41) is 5.87. The van der Waals surface area contributed by atoms with E-state index in [1.54, 1.807) is 17.4 Å². The van der Waals surface area contributed by atoms with Crippen molar-refractivity contribution in [3.63, 3.8) is 0 Å². The van der Waals surface area contributed by atoms with Crippen LogP contribution in [-0.2, 0) is 0 Å². The third-order valence-electron chi connectivity index (χ3n) is 5.02. The molecule has 0 saturated carbocycles. The SMILES string of the molecule is Cc1cc(C(C)NC(=O)Nc2cccc(C)c2C(=O)N2CCCC2)c(C)s1. The molecule has 2 aromatic rings. The van der Waals surface area contributed by atoms with Gasteiger partial charge >= 0.3 is 6.03 Å². The number of hydrogen-bond donors (Lipinski definition) is 2. The highest BCUT2D eigenvalue weighted by molar-refractivity contribution is 7.12. The number of benzene rings is 1. The maximum atomic E-state index is 12.9. The zero-order chi connectivity index (χ0) is 19.6. The van der Waals surface area contributed by atoms with Gasteiger partial charge in [0.25, 0.3) is 5.91 Å². The fraction of sp³-hybridized carbons (Fsp3) is 0.429. The highest BCUT2D eigenvalue weighted by atomic mass is 32.1. The molecule has 3 rings (SSSR count). The van der Waals surface area contributed by atoms with Gasteiger partial charge in [0.05, 0.1) is 17.3 Å². The van der Waals surface area contributed by atoms with Crippen LogP contribution in [0, 0.1) is 20.8 Å². The summed E-state index contributed by atoms with van der Waals surface area (Å²) >= 11 is 1.73. The second-order valence-corrected chi connectivity index (χ2v) is 8.65. The zero-order valence-electron chi connectivity index (χ0n) is 16.4. The number of rotatable bonds is 4. The normalized spacial score (nSPS) is 14.9. The van der Waals surface area contributed by atoms with Crippen LogP contribution in [0.25, 0.3) is 0 Å². The summed E-state index contributed by atoms with van der Waals surface area (Å²) in [6.07, 6.45) is 2.08. The van der Waals surface area contributed by atoms with Crippen LogP contribution < -0.4 is 10.6 Å².